The normalized spacial score (nSPS) is 19.4. The largest absolute Gasteiger partial charge is 0.350 e. The first-order valence-electron chi connectivity index (χ1n) is 10.7. The number of hydrogen-bond donors (Lipinski definition) is 0. The number of pyridine rings is 1. The molecular formula is C20H19N7O. The van der Waals surface area contributed by atoms with E-state index in [1.165, 1.54) is 12.3 Å². The molecule has 4 aromatic rings. The molecule has 0 fully saturated rings. The fourth-order valence-electron chi connectivity index (χ4n) is 3.24. The second kappa shape index (κ2) is 6.26. The summed E-state index contributed by atoms with van der Waals surface area (Å²) in [6.45, 7) is -2.75. The van der Waals surface area contributed by atoms with Crippen molar-refractivity contribution in [3.05, 3.63) is 70.0 Å². The summed E-state index contributed by atoms with van der Waals surface area (Å²) in [7, 11) is 1.78. The SMILES string of the molecule is [2H]C1([2H])Cc2ncc(-c3ccnn3C)cc2C([2H])([2H])N1c1nn2c(=O)ccnc2cc1C. The maximum Gasteiger partial charge on any atom is 0.274 e. The van der Waals surface area contributed by atoms with Gasteiger partial charge in [0.05, 0.1) is 8.44 Å². The molecule has 0 bridgehead atoms. The van der Waals surface area contributed by atoms with Crippen LogP contribution in [0.25, 0.3) is 16.9 Å². The Labute approximate surface area is 166 Å². The van der Waals surface area contributed by atoms with Crippen molar-refractivity contribution in [3.63, 3.8) is 0 Å². The Hall–Kier alpha value is -3.55. The molecule has 0 unspecified atom stereocenters. The van der Waals surface area contributed by atoms with Gasteiger partial charge in [0.15, 0.2) is 11.5 Å². The van der Waals surface area contributed by atoms with Gasteiger partial charge in [0, 0.05) is 65.1 Å². The minimum absolute atomic E-state index is 0.0270. The lowest BCUT2D eigenvalue weighted by Crippen LogP contribution is -2.33. The lowest BCUT2D eigenvalue weighted by atomic mass is 10.0. The quantitative estimate of drug-likeness (QED) is 0.529. The molecule has 1 aliphatic heterocycles. The Bertz CT molecular complexity index is 1430. The van der Waals surface area contributed by atoms with Crippen molar-refractivity contribution in [2.45, 2.75) is 19.8 Å². The number of fused-ring (bicyclic) bond motifs is 2. The summed E-state index contributed by atoms with van der Waals surface area (Å²) in [6.07, 6.45) is 4.47. The molecule has 0 saturated carbocycles. The van der Waals surface area contributed by atoms with Crippen molar-refractivity contribution < 1.29 is 5.48 Å². The summed E-state index contributed by atoms with van der Waals surface area (Å²) in [5.41, 5.74) is 2.36. The molecule has 8 nitrogen and oxygen atoms in total. The summed E-state index contributed by atoms with van der Waals surface area (Å²) in [5, 5.41) is 8.45. The average Bonchev–Trinajstić information content (AvgIpc) is 3.14. The maximum atomic E-state index is 12.3. The number of aromatic nitrogens is 6. The fraction of sp³-hybridized carbons (Fsp3) is 0.250. The Morgan fingerprint density at radius 3 is 2.89 bits per heavy atom. The Morgan fingerprint density at radius 1 is 1.18 bits per heavy atom. The highest BCUT2D eigenvalue weighted by atomic mass is 16.1. The minimum atomic E-state index is -2.30. The monoisotopic (exact) mass is 377 g/mol. The van der Waals surface area contributed by atoms with Gasteiger partial charge in [0.2, 0.25) is 0 Å². The maximum absolute atomic E-state index is 12.3. The molecule has 28 heavy (non-hydrogen) atoms. The number of hydrogen-bond acceptors (Lipinski definition) is 6. The van der Waals surface area contributed by atoms with Crippen LogP contribution in [0.15, 0.2) is 47.7 Å². The van der Waals surface area contributed by atoms with Gasteiger partial charge in [-0.25, -0.2) is 4.98 Å². The van der Waals surface area contributed by atoms with E-state index in [-0.39, 0.29) is 17.8 Å². The number of rotatable bonds is 2. The molecule has 5 rings (SSSR count). The van der Waals surface area contributed by atoms with Crippen LogP contribution in [0.4, 0.5) is 5.82 Å². The van der Waals surface area contributed by atoms with Gasteiger partial charge in [-0.1, -0.05) is 0 Å². The molecule has 1 aliphatic rings. The van der Waals surface area contributed by atoms with Crippen molar-refractivity contribution in [1.29, 1.82) is 0 Å². The minimum Gasteiger partial charge on any atom is -0.350 e. The summed E-state index contributed by atoms with van der Waals surface area (Å²) in [5.74, 6) is 0.0270. The van der Waals surface area contributed by atoms with Crippen molar-refractivity contribution in [1.82, 2.24) is 29.4 Å². The van der Waals surface area contributed by atoms with E-state index in [1.54, 1.807) is 49.2 Å². The zero-order chi connectivity index (χ0) is 22.8. The smallest absolute Gasteiger partial charge is 0.274 e. The van der Waals surface area contributed by atoms with Crippen LogP contribution < -0.4 is 10.5 Å². The van der Waals surface area contributed by atoms with E-state index in [2.05, 4.69) is 20.2 Å². The third kappa shape index (κ3) is 2.65. The van der Waals surface area contributed by atoms with E-state index in [9.17, 15) is 4.79 Å². The van der Waals surface area contributed by atoms with Crippen LogP contribution in [0.3, 0.4) is 0 Å². The highest BCUT2D eigenvalue weighted by Gasteiger charge is 2.22. The van der Waals surface area contributed by atoms with Crippen LogP contribution in [0, 0.1) is 6.92 Å². The zero-order valence-electron chi connectivity index (χ0n) is 19.3. The van der Waals surface area contributed by atoms with Crippen LogP contribution in [0.5, 0.6) is 0 Å². The van der Waals surface area contributed by atoms with Crippen LogP contribution in [-0.2, 0) is 20.0 Å². The molecule has 0 atom stereocenters. The highest BCUT2D eigenvalue weighted by Crippen LogP contribution is 2.27. The van der Waals surface area contributed by atoms with Crippen molar-refractivity contribution in [2.75, 3.05) is 11.4 Å². The van der Waals surface area contributed by atoms with E-state index < -0.39 is 18.6 Å². The molecule has 0 radical (unpaired) electrons. The third-order valence-electron chi connectivity index (χ3n) is 4.68. The third-order valence-corrected chi connectivity index (χ3v) is 4.68. The first kappa shape index (κ1) is 12.8. The van der Waals surface area contributed by atoms with E-state index in [0.717, 1.165) is 15.1 Å². The second-order valence-electron chi connectivity index (χ2n) is 6.54. The second-order valence-corrected chi connectivity index (χ2v) is 6.54. The fourth-order valence-corrected chi connectivity index (χ4v) is 3.24. The number of anilines is 1. The van der Waals surface area contributed by atoms with Crippen molar-refractivity contribution in [3.8, 4) is 11.3 Å². The lowest BCUT2D eigenvalue weighted by molar-refractivity contribution is 0.685. The van der Waals surface area contributed by atoms with Crippen LogP contribution in [0.2, 0.25) is 0 Å². The van der Waals surface area contributed by atoms with Gasteiger partial charge in [-0.3, -0.25) is 14.5 Å². The predicted octanol–water partition coefficient (Wildman–Crippen LogP) is 1.76. The molecule has 0 amide bonds. The Kier molecular flexibility index (Phi) is 2.85. The van der Waals surface area contributed by atoms with Crippen LogP contribution >= 0.6 is 0 Å². The Morgan fingerprint density at radius 2 is 2.07 bits per heavy atom. The summed E-state index contributed by atoms with van der Waals surface area (Å²) in [6, 6.07) is 6.31. The molecule has 5 heterocycles. The predicted molar refractivity (Wildman–Crippen MR) is 105 cm³/mol. The first-order valence-corrected chi connectivity index (χ1v) is 8.73. The molecule has 8 heteroatoms. The van der Waals surface area contributed by atoms with E-state index in [4.69, 9.17) is 5.48 Å². The molecular weight excluding hydrogens is 354 g/mol. The summed E-state index contributed by atoms with van der Waals surface area (Å²) < 4.78 is 37.9. The van der Waals surface area contributed by atoms with E-state index in [0.29, 0.717) is 22.5 Å². The standard InChI is InChI=1S/C20H19N7O/c1-13-9-18-21-6-4-19(28)27(18)24-20(13)26-8-5-16-15(12-26)10-14(11-22-16)17-3-7-23-25(17)2/h3-4,6-7,9-11H,5,8,12H2,1-2H3/i8D2,12D2. The lowest BCUT2D eigenvalue weighted by Gasteiger charge is -2.30. The molecule has 4 aromatic heterocycles. The Balaban J connectivity index is 1.72. The van der Waals surface area contributed by atoms with Gasteiger partial charge in [-0.15, -0.1) is 5.10 Å². The number of aryl methyl sites for hydroxylation is 3. The van der Waals surface area contributed by atoms with Crippen molar-refractivity contribution >= 4 is 11.5 Å². The van der Waals surface area contributed by atoms with Gasteiger partial charge in [-0.05, 0) is 36.2 Å². The van der Waals surface area contributed by atoms with Gasteiger partial charge in [0.25, 0.3) is 5.56 Å². The molecule has 0 spiro atoms. The van der Waals surface area contributed by atoms with Crippen LogP contribution in [-0.4, -0.2) is 35.9 Å². The molecule has 0 aliphatic carbocycles. The molecule has 0 N–H and O–H groups in total. The molecule has 0 saturated heterocycles. The highest BCUT2D eigenvalue weighted by molar-refractivity contribution is 5.61. The van der Waals surface area contributed by atoms with Gasteiger partial charge < -0.3 is 4.90 Å². The van der Waals surface area contributed by atoms with Gasteiger partial charge in [0.1, 0.15) is 0 Å². The number of nitrogens with zero attached hydrogens (tertiary/aromatic N) is 7. The summed E-state index contributed by atoms with van der Waals surface area (Å²) >= 11 is 0. The van der Waals surface area contributed by atoms with Crippen molar-refractivity contribution in [2.24, 2.45) is 7.05 Å². The molecule has 0 aromatic carbocycles. The first-order chi connectivity index (χ1) is 15.1. The molecule has 140 valence electrons. The van der Waals surface area contributed by atoms with E-state index in [1.807, 2.05) is 0 Å². The average molecular weight is 377 g/mol. The van der Waals surface area contributed by atoms with Gasteiger partial charge >= 0.3 is 0 Å². The topological polar surface area (TPSA) is 81.2 Å². The van der Waals surface area contributed by atoms with E-state index >= 15 is 0 Å². The zero-order valence-corrected chi connectivity index (χ0v) is 15.3. The van der Waals surface area contributed by atoms with Gasteiger partial charge in [-0.2, -0.15) is 9.61 Å². The van der Waals surface area contributed by atoms with Crippen LogP contribution in [0.1, 0.15) is 22.3 Å². The summed E-state index contributed by atoms with van der Waals surface area (Å²) in [4.78, 5) is 21.8.